The van der Waals surface area contributed by atoms with Crippen LogP contribution in [-0.2, 0) is 27.8 Å². The number of hydrogen-bond donors (Lipinski definition) is 1. The third-order valence-corrected chi connectivity index (χ3v) is 8.20. The first-order chi connectivity index (χ1) is 18.1. The van der Waals surface area contributed by atoms with Crippen LogP contribution >= 0.6 is 0 Å². The molecule has 208 valence electrons. The molecule has 0 saturated heterocycles. The molecule has 0 radical (unpaired) electrons. The molecule has 3 aromatic rings. The molecule has 0 aliphatic carbocycles. The first-order valence-electron chi connectivity index (χ1n) is 12.1. The Balaban J connectivity index is 1.64. The van der Waals surface area contributed by atoms with Gasteiger partial charge >= 0.3 is 12.3 Å². The Labute approximate surface area is 224 Å². The minimum absolute atomic E-state index is 0.0441. The zero-order chi connectivity index (χ0) is 28.6. The highest BCUT2D eigenvalue weighted by atomic mass is 32.2. The van der Waals surface area contributed by atoms with Crippen LogP contribution in [0.15, 0.2) is 65.6 Å². The summed E-state index contributed by atoms with van der Waals surface area (Å²) < 4.78 is 76.7. The molecule has 0 spiro atoms. The SMILES string of the molecule is Cc1cc(CN(CC(=O)O)S(=O)(=O)c2ccc3c(c2)CCC(C)(C)O3)ccc1-c1ccccc1OC(F)(F)F. The summed E-state index contributed by atoms with van der Waals surface area (Å²) in [5.41, 5.74) is 2.07. The number of sulfonamides is 1. The van der Waals surface area contributed by atoms with Crippen molar-refractivity contribution in [3.63, 3.8) is 0 Å². The number of nitrogens with zero attached hydrogens (tertiary/aromatic N) is 1. The maximum absolute atomic E-state index is 13.5. The number of rotatable bonds is 8. The van der Waals surface area contributed by atoms with Crippen molar-refractivity contribution in [1.82, 2.24) is 4.31 Å². The minimum Gasteiger partial charge on any atom is -0.488 e. The van der Waals surface area contributed by atoms with Gasteiger partial charge in [-0.25, -0.2) is 8.42 Å². The number of aliphatic carboxylic acids is 1. The first-order valence-corrected chi connectivity index (χ1v) is 13.6. The van der Waals surface area contributed by atoms with Crippen LogP contribution in [0.1, 0.15) is 37.0 Å². The van der Waals surface area contributed by atoms with Crippen LogP contribution in [0.3, 0.4) is 0 Å². The van der Waals surface area contributed by atoms with E-state index >= 15 is 0 Å². The van der Waals surface area contributed by atoms with Crippen molar-refractivity contribution in [2.24, 2.45) is 0 Å². The summed E-state index contributed by atoms with van der Waals surface area (Å²) in [5, 5.41) is 9.46. The molecule has 1 N–H and O–H groups in total. The van der Waals surface area contributed by atoms with E-state index in [-0.39, 0.29) is 28.4 Å². The summed E-state index contributed by atoms with van der Waals surface area (Å²) >= 11 is 0. The maximum atomic E-state index is 13.5. The van der Waals surface area contributed by atoms with Gasteiger partial charge in [-0.3, -0.25) is 4.79 Å². The lowest BCUT2D eigenvalue weighted by Gasteiger charge is -2.33. The number of carbonyl (C=O) groups is 1. The number of aryl methyl sites for hydroxylation is 2. The van der Waals surface area contributed by atoms with Crippen molar-refractivity contribution in [3.05, 3.63) is 77.4 Å². The second-order valence-corrected chi connectivity index (χ2v) is 11.9. The Hall–Kier alpha value is -3.57. The van der Waals surface area contributed by atoms with Crippen LogP contribution in [-0.4, -0.2) is 42.3 Å². The summed E-state index contributed by atoms with van der Waals surface area (Å²) in [6.45, 7) is 4.54. The second kappa shape index (κ2) is 10.5. The summed E-state index contributed by atoms with van der Waals surface area (Å²) in [6.07, 6.45) is -3.55. The van der Waals surface area contributed by atoms with E-state index in [1.54, 1.807) is 37.3 Å². The molecule has 0 bridgehead atoms. The van der Waals surface area contributed by atoms with Crippen LogP contribution in [0.5, 0.6) is 11.5 Å². The van der Waals surface area contributed by atoms with Crippen LogP contribution in [0, 0.1) is 6.92 Å². The fourth-order valence-electron chi connectivity index (χ4n) is 4.55. The summed E-state index contributed by atoms with van der Waals surface area (Å²) in [7, 11) is -4.21. The zero-order valence-electron chi connectivity index (χ0n) is 21.6. The average molecular weight is 564 g/mol. The van der Waals surface area contributed by atoms with E-state index in [0.29, 0.717) is 35.3 Å². The van der Waals surface area contributed by atoms with E-state index in [1.165, 1.54) is 30.3 Å². The predicted molar refractivity (Wildman–Crippen MR) is 138 cm³/mol. The Bertz CT molecular complexity index is 1500. The number of carboxylic acids is 1. The molecular formula is C28H28F3NO6S. The third-order valence-electron chi connectivity index (χ3n) is 6.42. The highest BCUT2D eigenvalue weighted by Gasteiger charge is 2.33. The molecule has 1 aliphatic heterocycles. The molecule has 0 atom stereocenters. The molecule has 7 nitrogen and oxygen atoms in total. The Morgan fingerprint density at radius 1 is 1.08 bits per heavy atom. The van der Waals surface area contributed by atoms with E-state index < -0.39 is 28.9 Å². The molecule has 0 amide bonds. The lowest BCUT2D eigenvalue weighted by molar-refractivity contribution is -0.274. The van der Waals surface area contributed by atoms with Gasteiger partial charge in [0.2, 0.25) is 10.0 Å². The quantitative estimate of drug-likeness (QED) is 0.365. The second-order valence-electron chi connectivity index (χ2n) is 9.99. The molecule has 11 heteroatoms. The molecule has 0 saturated carbocycles. The first kappa shape index (κ1) is 28.4. The third kappa shape index (κ3) is 6.72. The van der Waals surface area contributed by atoms with Crippen molar-refractivity contribution in [1.29, 1.82) is 0 Å². The fraction of sp³-hybridized carbons (Fsp3) is 0.321. The van der Waals surface area contributed by atoms with Gasteiger partial charge in [-0.2, -0.15) is 4.31 Å². The van der Waals surface area contributed by atoms with Gasteiger partial charge in [-0.1, -0.05) is 36.4 Å². The smallest absolute Gasteiger partial charge is 0.488 e. The van der Waals surface area contributed by atoms with Crippen molar-refractivity contribution in [2.45, 2.75) is 57.0 Å². The Morgan fingerprint density at radius 2 is 1.79 bits per heavy atom. The number of carboxylic acid groups (broad SMARTS) is 1. The summed E-state index contributed by atoms with van der Waals surface area (Å²) in [6, 6.07) is 14.9. The number of para-hydroxylation sites is 1. The molecule has 39 heavy (non-hydrogen) atoms. The highest BCUT2D eigenvalue weighted by Crippen LogP contribution is 2.37. The molecule has 1 aliphatic rings. The van der Waals surface area contributed by atoms with Gasteiger partial charge in [0.25, 0.3) is 0 Å². The van der Waals surface area contributed by atoms with Crippen molar-refractivity contribution in [3.8, 4) is 22.6 Å². The van der Waals surface area contributed by atoms with E-state index in [1.807, 2.05) is 13.8 Å². The van der Waals surface area contributed by atoms with Crippen molar-refractivity contribution < 1.29 is 41.0 Å². The van der Waals surface area contributed by atoms with E-state index in [0.717, 1.165) is 9.87 Å². The van der Waals surface area contributed by atoms with Crippen molar-refractivity contribution in [2.75, 3.05) is 6.54 Å². The number of halogens is 3. The number of ether oxygens (including phenoxy) is 2. The maximum Gasteiger partial charge on any atom is 0.573 e. The molecule has 4 rings (SSSR count). The van der Waals surface area contributed by atoms with E-state index in [4.69, 9.17) is 4.74 Å². The summed E-state index contributed by atoms with van der Waals surface area (Å²) in [4.78, 5) is 11.6. The van der Waals surface area contributed by atoms with Crippen LogP contribution in [0.25, 0.3) is 11.1 Å². The van der Waals surface area contributed by atoms with Gasteiger partial charge in [0.1, 0.15) is 23.6 Å². The molecule has 0 fully saturated rings. The van der Waals surface area contributed by atoms with Gasteiger partial charge in [-0.05, 0) is 80.1 Å². The zero-order valence-corrected chi connectivity index (χ0v) is 22.4. The van der Waals surface area contributed by atoms with Gasteiger partial charge < -0.3 is 14.6 Å². The fourth-order valence-corrected chi connectivity index (χ4v) is 5.98. The standard InChI is InChI=1S/C28H28F3NO6S/c1-18-14-19(8-10-22(18)23-6-4-5-7-25(23)38-28(29,30)31)16-32(17-26(33)34)39(35,36)21-9-11-24-20(15-21)12-13-27(2,3)37-24/h4-11,14-15H,12-13,16-17H2,1-3H3,(H,33,34). The monoisotopic (exact) mass is 563 g/mol. The molecule has 0 unspecified atom stereocenters. The number of hydrogen-bond acceptors (Lipinski definition) is 5. The number of benzene rings is 3. The number of alkyl halides is 3. The van der Waals surface area contributed by atoms with Gasteiger partial charge in [0.15, 0.2) is 0 Å². The van der Waals surface area contributed by atoms with Crippen molar-refractivity contribution >= 4 is 16.0 Å². The Morgan fingerprint density at radius 3 is 2.46 bits per heavy atom. The highest BCUT2D eigenvalue weighted by molar-refractivity contribution is 7.89. The Kier molecular flexibility index (Phi) is 7.68. The van der Waals surface area contributed by atoms with Gasteiger partial charge in [0.05, 0.1) is 4.90 Å². The van der Waals surface area contributed by atoms with Crippen LogP contribution in [0.2, 0.25) is 0 Å². The van der Waals surface area contributed by atoms with E-state index in [9.17, 15) is 31.5 Å². The topological polar surface area (TPSA) is 93.1 Å². The van der Waals surface area contributed by atoms with Crippen LogP contribution in [0.4, 0.5) is 13.2 Å². The molecule has 3 aromatic carbocycles. The molecule has 1 heterocycles. The van der Waals surface area contributed by atoms with Gasteiger partial charge in [-0.15, -0.1) is 13.2 Å². The lowest BCUT2D eigenvalue weighted by Crippen LogP contribution is -2.36. The lowest BCUT2D eigenvalue weighted by atomic mass is 9.94. The predicted octanol–water partition coefficient (Wildman–Crippen LogP) is 5.94. The summed E-state index contributed by atoms with van der Waals surface area (Å²) in [5.74, 6) is -1.10. The largest absolute Gasteiger partial charge is 0.573 e. The van der Waals surface area contributed by atoms with Gasteiger partial charge in [0, 0.05) is 12.1 Å². The van der Waals surface area contributed by atoms with Crippen LogP contribution < -0.4 is 9.47 Å². The van der Waals surface area contributed by atoms with E-state index in [2.05, 4.69) is 4.74 Å². The molecular weight excluding hydrogens is 535 g/mol. The normalized spacial score (nSPS) is 14.9. The number of fused-ring (bicyclic) bond motifs is 1. The average Bonchev–Trinajstić information content (AvgIpc) is 2.82. The molecule has 0 aromatic heterocycles. The minimum atomic E-state index is -4.87.